The fourth-order valence-electron chi connectivity index (χ4n) is 4.17. The summed E-state index contributed by atoms with van der Waals surface area (Å²) in [6.07, 6.45) is 0.155. The van der Waals surface area contributed by atoms with Crippen molar-refractivity contribution >= 4 is 35.8 Å². The van der Waals surface area contributed by atoms with Crippen molar-refractivity contribution in [1.29, 1.82) is 0 Å². The van der Waals surface area contributed by atoms with Crippen LogP contribution in [0.25, 0.3) is 0 Å². The van der Waals surface area contributed by atoms with Crippen LogP contribution in [0, 0.1) is 5.41 Å². The molecule has 1 aromatic rings. The quantitative estimate of drug-likeness (QED) is 0.369. The van der Waals surface area contributed by atoms with E-state index in [1.54, 1.807) is 0 Å². The number of nitrogens with zero attached hydrogens (tertiary/aromatic N) is 3. The summed E-state index contributed by atoms with van der Waals surface area (Å²) in [4.78, 5) is 21.5. The minimum absolute atomic E-state index is 0. The zero-order valence-electron chi connectivity index (χ0n) is 19.4. The molecule has 1 amide bonds. The van der Waals surface area contributed by atoms with E-state index in [9.17, 15) is 4.79 Å². The monoisotopic (exact) mass is 528 g/mol. The number of benzene rings is 1. The molecule has 0 aliphatic carbocycles. The Morgan fingerprint density at radius 1 is 1.13 bits per heavy atom. The molecular formula is C23H37IN4O2. The minimum Gasteiger partial charge on any atom is -0.372 e. The summed E-state index contributed by atoms with van der Waals surface area (Å²) in [5.74, 6) is 0.998. The van der Waals surface area contributed by atoms with Crippen molar-refractivity contribution < 1.29 is 9.53 Å². The predicted molar refractivity (Wildman–Crippen MR) is 133 cm³/mol. The van der Waals surface area contributed by atoms with E-state index in [4.69, 9.17) is 4.74 Å². The first kappa shape index (κ1) is 24.9. The normalized spacial score (nSPS) is 25.2. The molecule has 2 aliphatic rings. The van der Waals surface area contributed by atoms with Gasteiger partial charge in [0, 0.05) is 49.7 Å². The lowest BCUT2D eigenvalue weighted by molar-refractivity contribution is -0.0667. The maximum atomic E-state index is 12.8. The molecule has 2 saturated heterocycles. The van der Waals surface area contributed by atoms with Crippen molar-refractivity contribution in [2.24, 2.45) is 10.4 Å². The molecule has 0 bridgehead atoms. The number of hydrogen-bond donors (Lipinski definition) is 1. The van der Waals surface area contributed by atoms with E-state index in [0.29, 0.717) is 19.6 Å². The molecule has 1 N–H and O–H groups in total. The third kappa shape index (κ3) is 4.93. The van der Waals surface area contributed by atoms with Crippen LogP contribution in [0.1, 0.15) is 57.5 Å². The van der Waals surface area contributed by atoms with Crippen LogP contribution in [0.4, 0.5) is 0 Å². The molecule has 6 nitrogen and oxygen atoms in total. The summed E-state index contributed by atoms with van der Waals surface area (Å²) in [6.45, 7) is 16.1. The van der Waals surface area contributed by atoms with Crippen LogP contribution in [0.5, 0.6) is 0 Å². The largest absolute Gasteiger partial charge is 0.372 e. The second kappa shape index (κ2) is 9.42. The Labute approximate surface area is 198 Å². The molecule has 7 heteroatoms. The van der Waals surface area contributed by atoms with Crippen molar-refractivity contribution in [3.8, 4) is 0 Å². The molecule has 0 radical (unpaired) electrons. The van der Waals surface area contributed by atoms with E-state index >= 15 is 0 Å². The number of aliphatic imine (C=N–C) groups is 1. The van der Waals surface area contributed by atoms with Crippen LogP contribution in [0.3, 0.4) is 0 Å². The number of nitrogens with one attached hydrogen (secondary N) is 1. The molecule has 2 heterocycles. The van der Waals surface area contributed by atoms with Gasteiger partial charge in [0.05, 0.1) is 12.2 Å². The molecule has 2 unspecified atom stereocenters. The summed E-state index contributed by atoms with van der Waals surface area (Å²) in [5.41, 5.74) is 2.19. The average Bonchev–Trinajstić information content (AvgIpc) is 2.66. The number of amides is 1. The second-order valence-electron chi connectivity index (χ2n) is 9.59. The second-order valence-corrected chi connectivity index (χ2v) is 9.59. The van der Waals surface area contributed by atoms with Gasteiger partial charge in [0.15, 0.2) is 5.96 Å². The number of rotatable bonds is 3. The Kier molecular flexibility index (Phi) is 7.83. The van der Waals surface area contributed by atoms with Crippen molar-refractivity contribution in [2.45, 2.75) is 65.8 Å². The lowest BCUT2D eigenvalue weighted by atomic mass is 9.65. The Morgan fingerprint density at radius 2 is 1.70 bits per heavy atom. The number of likely N-dealkylation sites (tertiary alicyclic amines) is 1. The minimum atomic E-state index is 0. The molecule has 168 valence electrons. The van der Waals surface area contributed by atoms with E-state index < -0.39 is 0 Å². The van der Waals surface area contributed by atoms with E-state index in [1.165, 1.54) is 0 Å². The number of morpholine rings is 1. The highest BCUT2D eigenvalue weighted by Crippen LogP contribution is 2.46. The van der Waals surface area contributed by atoms with Crippen molar-refractivity contribution in [3.63, 3.8) is 0 Å². The molecule has 2 aliphatic heterocycles. The van der Waals surface area contributed by atoms with E-state index in [0.717, 1.165) is 23.6 Å². The van der Waals surface area contributed by atoms with Crippen LogP contribution in [-0.4, -0.2) is 66.1 Å². The van der Waals surface area contributed by atoms with Gasteiger partial charge < -0.3 is 19.9 Å². The Hall–Kier alpha value is -1.35. The van der Waals surface area contributed by atoms with Gasteiger partial charge in [-0.15, -0.1) is 24.0 Å². The smallest absolute Gasteiger partial charge is 0.254 e. The van der Waals surface area contributed by atoms with Gasteiger partial charge >= 0.3 is 0 Å². The predicted octanol–water partition coefficient (Wildman–Crippen LogP) is 3.75. The van der Waals surface area contributed by atoms with Gasteiger partial charge in [0.1, 0.15) is 0 Å². The van der Waals surface area contributed by atoms with Crippen molar-refractivity contribution in [3.05, 3.63) is 35.4 Å². The third-order valence-electron chi connectivity index (χ3n) is 6.71. The molecule has 30 heavy (non-hydrogen) atoms. The highest BCUT2D eigenvalue weighted by Gasteiger charge is 2.53. The summed E-state index contributed by atoms with van der Waals surface area (Å²) in [7, 11) is 1.83. The number of carbonyl (C=O) groups is 1. The van der Waals surface area contributed by atoms with Crippen molar-refractivity contribution in [1.82, 2.24) is 15.1 Å². The molecular weight excluding hydrogens is 491 g/mol. The van der Waals surface area contributed by atoms with Crippen LogP contribution >= 0.6 is 24.0 Å². The number of hydrogen-bond acceptors (Lipinski definition) is 3. The zero-order valence-corrected chi connectivity index (χ0v) is 21.7. The van der Waals surface area contributed by atoms with Gasteiger partial charge in [-0.05, 0) is 45.4 Å². The summed E-state index contributed by atoms with van der Waals surface area (Å²) >= 11 is 0. The van der Waals surface area contributed by atoms with Crippen LogP contribution in [0.2, 0.25) is 0 Å². The topological polar surface area (TPSA) is 57.2 Å². The summed E-state index contributed by atoms with van der Waals surface area (Å²) in [6, 6.07) is 7.88. The maximum Gasteiger partial charge on any atom is 0.254 e. The van der Waals surface area contributed by atoms with Crippen molar-refractivity contribution in [2.75, 3.05) is 26.7 Å². The van der Waals surface area contributed by atoms with E-state index in [-0.39, 0.29) is 53.0 Å². The van der Waals surface area contributed by atoms with Crippen LogP contribution < -0.4 is 5.32 Å². The Balaban J connectivity index is 0.00000320. The molecule has 0 saturated carbocycles. The fraction of sp³-hybridized carbons (Fsp3) is 0.652. The average molecular weight is 528 g/mol. The van der Waals surface area contributed by atoms with Gasteiger partial charge in [0.2, 0.25) is 0 Å². The lowest BCUT2D eigenvalue weighted by Gasteiger charge is -2.62. The summed E-state index contributed by atoms with van der Waals surface area (Å²) in [5, 5.41) is 3.47. The molecule has 0 spiro atoms. The van der Waals surface area contributed by atoms with Crippen LogP contribution in [-0.2, 0) is 11.3 Å². The van der Waals surface area contributed by atoms with Gasteiger partial charge in [-0.1, -0.05) is 26.0 Å². The number of halogens is 1. The zero-order chi connectivity index (χ0) is 21.4. The standard InChI is InChI=1S/C23H36N4O2.HI/c1-16-13-26(14-17(2)29-16)20(28)19-10-8-18(9-11-19)12-25-21(24-7)27-15-22(3,4)23(27,5)6;/h8-11,16-17H,12-15H2,1-7H3,(H,24,25);1H. The fourth-order valence-corrected chi connectivity index (χ4v) is 4.17. The number of ether oxygens (including phenoxy) is 1. The molecule has 2 atom stereocenters. The molecule has 0 aromatic heterocycles. The molecule has 1 aromatic carbocycles. The first-order chi connectivity index (χ1) is 13.5. The first-order valence-electron chi connectivity index (χ1n) is 10.6. The molecule has 3 rings (SSSR count). The SMILES string of the molecule is CN=C(NCc1ccc(C(=O)N2CC(C)OC(C)C2)cc1)N1CC(C)(C)C1(C)C.I. The van der Waals surface area contributed by atoms with Gasteiger partial charge in [-0.3, -0.25) is 9.79 Å². The van der Waals surface area contributed by atoms with Crippen LogP contribution in [0.15, 0.2) is 29.3 Å². The Bertz CT molecular complexity index is 766. The van der Waals surface area contributed by atoms with Gasteiger partial charge in [-0.2, -0.15) is 0 Å². The van der Waals surface area contributed by atoms with Gasteiger partial charge in [0.25, 0.3) is 5.91 Å². The third-order valence-corrected chi connectivity index (χ3v) is 6.71. The molecule has 2 fully saturated rings. The van der Waals surface area contributed by atoms with E-state index in [2.05, 4.69) is 42.9 Å². The highest BCUT2D eigenvalue weighted by atomic mass is 127. The highest BCUT2D eigenvalue weighted by molar-refractivity contribution is 14.0. The van der Waals surface area contributed by atoms with Gasteiger partial charge in [-0.25, -0.2) is 0 Å². The number of guanidine groups is 1. The first-order valence-corrected chi connectivity index (χ1v) is 10.6. The Morgan fingerprint density at radius 3 is 2.17 bits per heavy atom. The number of carbonyl (C=O) groups excluding carboxylic acids is 1. The summed E-state index contributed by atoms with van der Waals surface area (Å²) < 4.78 is 5.73. The van der Waals surface area contributed by atoms with E-state index in [1.807, 2.05) is 50.1 Å². The lowest BCUT2D eigenvalue weighted by Crippen LogP contribution is -2.72. The maximum absolute atomic E-state index is 12.8.